The Labute approximate surface area is 216 Å². The third-order valence-corrected chi connectivity index (χ3v) is 7.79. The highest BCUT2D eigenvalue weighted by atomic mass is 32.1. The summed E-state index contributed by atoms with van der Waals surface area (Å²) < 4.78 is 15.7. The van der Waals surface area contributed by atoms with Crippen molar-refractivity contribution in [3.63, 3.8) is 0 Å². The van der Waals surface area contributed by atoms with E-state index in [0.29, 0.717) is 23.4 Å². The molecule has 3 heterocycles. The topological polar surface area (TPSA) is 62.2 Å². The van der Waals surface area contributed by atoms with Gasteiger partial charge in [-0.15, -0.1) is 0 Å². The Bertz CT molecular complexity index is 1240. The van der Waals surface area contributed by atoms with Gasteiger partial charge in [0, 0.05) is 42.3 Å². The van der Waals surface area contributed by atoms with Gasteiger partial charge < -0.3 is 20.1 Å². The van der Waals surface area contributed by atoms with Gasteiger partial charge in [-0.1, -0.05) is 18.9 Å². The van der Waals surface area contributed by atoms with Gasteiger partial charge in [0.05, 0.1) is 17.8 Å². The molecule has 2 atom stereocenters. The second kappa shape index (κ2) is 10.4. The van der Waals surface area contributed by atoms with E-state index in [9.17, 15) is 9.18 Å². The van der Waals surface area contributed by atoms with Crippen LogP contribution in [0.2, 0.25) is 0 Å². The number of aryl methyl sites for hydroxylation is 1. The van der Waals surface area contributed by atoms with E-state index >= 15 is 0 Å². The maximum Gasteiger partial charge on any atom is 0.226 e. The Morgan fingerprint density at radius 2 is 1.92 bits per heavy atom. The number of carbonyl (C=O) groups excluding carboxylic acids is 1. The fourth-order valence-corrected chi connectivity index (χ4v) is 6.12. The number of hydrogen-bond acceptors (Lipinski definition) is 3. The van der Waals surface area contributed by atoms with Gasteiger partial charge in [0.15, 0.2) is 5.11 Å². The van der Waals surface area contributed by atoms with E-state index in [1.54, 1.807) is 18.3 Å². The summed E-state index contributed by atoms with van der Waals surface area (Å²) in [4.78, 5) is 19.5. The van der Waals surface area contributed by atoms with Crippen LogP contribution >= 0.6 is 12.2 Å². The van der Waals surface area contributed by atoms with E-state index in [2.05, 4.69) is 45.0 Å². The molecule has 0 spiro atoms. The summed E-state index contributed by atoms with van der Waals surface area (Å²) in [5, 5.41) is 6.96. The Morgan fingerprint density at radius 1 is 1.17 bits per heavy atom. The van der Waals surface area contributed by atoms with Crippen molar-refractivity contribution in [2.75, 3.05) is 11.9 Å². The second-order valence-corrected chi connectivity index (χ2v) is 10.1. The summed E-state index contributed by atoms with van der Waals surface area (Å²) in [6.07, 6.45) is 7.04. The molecule has 6 nitrogen and oxygen atoms in total. The number of aromatic nitrogens is 2. The highest BCUT2D eigenvalue weighted by Crippen LogP contribution is 2.43. The van der Waals surface area contributed by atoms with Crippen molar-refractivity contribution in [1.29, 1.82) is 0 Å². The lowest BCUT2D eigenvalue weighted by Crippen LogP contribution is -2.33. The monoisotopic (exact) mass is 505 g/mol. The van der Waals surface area contributed by atoms with E-state index < -0.39 is 0 Å². The third-order valence-electron chi connectivity index (χ3n) is 7.44. The molecule has 2 aromatic heterocycles. The summed E-state index contributed by atoms with van der Waals surface area (Å²) in [6, 6.07) is 14.4. The Hall–Kier alpha value is -3.26. The molecule has 2 fully saturated rings. The van der Waals surface area contributed by atoms with Gasteiger partial charge in [-0.2, -0.15) is 0 Å². The zero-order valence-corrected chi connectivity index (χ0v) is 21.5. The smallest absolute Gasteiger partial charge is 0.226 e. The summed E-state index contributed by atoms with van der Waals surface area (Å²) in [5.74, 6) is -0.471. The SMILES string of the molecule is Cc1cc([C@H]2[C@H](c3ccccn3)NC(=S)N2CCC(=O)Nc2ccc(F)cc2)c(C)n1C1CCCC1. The van der Waals surface area contributed by atoms with Crippen LogP contribution in [0, 0.1) is 19.7 Å². The Balaban J connectivity index is 1.42. The number of pyridine rings is 1. The molecule has 1 aliphatic heterocycles. The number of carbonyl (C=O) groups is 1. The Morgan fingerprint density at radius 3 is 2.61 bits per heavy atom. The van der Waals surface area contributed by atoms with E-state index in [1.165, 1.54) is 54.8 Å². The number of thiocarbonyl (C=S) groups is 1. The average Bonchev–Trinajstić information content (AvgIpc) is 3.58. The number of nitrogens with zero attached hydrogens (tertiary/aromatic N) is 3. The number of anilines is 1. The van der Waals surface area contributed by atoms with Crippen LogP contribution in [0.15, 0.2) is 54.7 Å². The second-order valence-electron chi connectivity index (χ2n) is 9.76. The van der Waals surface area contributed by atoms with Crippen LogP contribution in [0.4, 0.5) is 10.1 Å². The molecule has 8 heteroatoms. The van der Waals surface area contributed by atoms with Crippen LogP contribution in [0.1, 0.15) is 72.9 Å². The fraction of sp³-hybridized carbons (Fsp3) is 0.393. The molecular formula is C28H32FN5OS. The van der Waals surface area contributed by atoms with Gasteiger partial charge >= 0.3 is 0 Å². The van der Waals surface area contributed by atoms with Crippen LogP contribution in [0.3, 0.4) is 0 Å². The largest absolute Gasteiger partial charge is 0.352 e. The molecular weight excluding hydrogens is 473 g/mol. The van der Waals surface area contributed by atoms with Crippen molar-refractivity contribution in [3.05, 3.63) is 83.2 Å². The first-order valence-electron chi connectivity index (χ1n) is 12.6. The van der Waals surface area contributed by atoms with Crippen LogP contribution < -0.4 is 10.6 Å². The first kappa shape index (κ1) is 24.4. The number of rotatable bonds is 7. The van der Waals surface area contributed by atoms with Gasteiger partial charge in [0.25, 0.3) is 0 Å². The predicted molar refractivity (Wildman–Crippen MR) is 143 cm³/mol. The van der Waals surface area contributed by atoms with Gasteiger partial charge in [-0.05, 0) is 86.9 Å². The minimum Gasteiger partial charge on any atom is -0.352 e. The molecule has 2 N–H and O–H groups in total. The minimum absolute atomic E-state index is 0.0765. The summed E-state index contributed by atoms with van der Waals surface area (Å²) in [6.45, 7) is 4.85. The Kier molecular flexibility index (Phi) is 7.05. The lowest BCUT2D eigenvalue weighted by Gasteiger charge is -2.28. The first-order valence-corrected chi connectivity index (χ1v) is 13.0. The van der Waals surface area contributed by atoms with Crippen molar-refractivity contribution in [2.45, 2.75) is 64.1 Å². The number of halogens is 1. The zero-order valence-electron chi connectivity index (χ0n) is 20.7. The highest BCUT2D eigenvalue weighted by Gasteiger charge is 2.41. The number of amides is 1. The van der Waals surface area contributed by atoms with E-state index in [0.717, 1.165) is 5.69 Å². The van der Waals surface area contributed by atoms with Crippen LogP contribution in [-0.4, -0.2) is 32.0 Å². The lowest BCUT2D eigenvalue weighted by molar-refractivity contribution is -0.116. The van der Waals surface area contributed by atoms with Gasteiger partial charge in [-0.3, -0.25) is 9.78 Å². The molecule has 1 amide bonds. The quantitative estimate of drug-likeness (QED) is 0.400. The predicted octanol–water partition coefficient (Wildman–Crippen LogP) is 5.76. The highest BCUT2D eigenvalue weighted by molar-refractivity contribution is 7.80. The van der Waals surface area contributed by atoms with Crippen LogP contribution in [0.5, 0.6) is 0 Å². The molecule has 1 aliphatic carbocycles. The van der Waals surface area contributed by atoms with E-state index in [-0.39, 0.29) is 30.2 Å². The minimum atomic E-state index is -0.333. The number of nitrogens with one attached hydrogen (secondary N) is 2. The molecule has 188 valence electrons. The lowest BCUT2D eigenvalue weighted by atomic mass is 9.96. The summed E-state index contributed by atoms with van der Waals surface area (Å²) in [5.41, 5.74) is 5.25. The van der Waals surface area contributed by atoms with Crippen LogP contribution in [-0.2, 0) is 4.79 Å². The van der Waals surface area contributed by atoms with Crippen molar-refractivity contribution in [3.8, 4) is 0 Å². The standard InChI is InChI=1S/C28H32FN5OS/c1-18-17-23(19(2)34(18)22-7-3-4-8-22)27-26(24-9-5-6-15-30-24)32-28(36)33(27)16-14-25(35)31-21-12-10-20(29)11-13-21/h5-6,9-13,15,17,22,26-27H,3-4,7-8,14,16H2,1-2H3,(H,31,35)(H,32,36)/t26-,27-/m0/s1. The summed E-state index contributed by atoms with van der Waals surface area (Å²) >= 11 is 5.79. The maximum atomic E-state index is 13.2. The number of benzene rings is 1. The van der Waals surface area contributed by atoms with Gasteiger partial charge in [-0.25, -0.2) is 4.39 Å². The van der Waals surface area contributed by atoms with Gasteiger partial charge in [0.2, 0.25) is 5.91 Å². The van der Waals surface area contributed by atoms with Crippen molar-refractivity contribution in [1.82, 2.24) is 19.8 Å². The third kappa shape index (κ3) is 4.87. The maximum absolute atomic E-state index is 13.2. The molecule has 0 unspecified atom stereocenters. The zero-order chi connectivity index (χ0) is 25.2. The van der Waals surface area contributed by atoms with Crippen molar-refractivity contribution >= 4 is 28.9 Å². The molecule has 1 aromatic carbocycles. The molecule has 0 radical (unpaired) electrons. The molecule has 0 bridgehead atoms. The molecule has 3 aromatic rings. The molecule has 1 saturated carbocycles. The van der Waals surface area contributed by atoms with Gasteiger partial charge in [0.1, 0.15) is 5.82 Å². The summed E-state index contributed by atoms with van der Waals surface area (Å²) in [7, 11) is 0. The fourth-order valence-electron chi connectivity index (χ4n) is 5.79. The average molecular weight is 506 g/mol. The molecule has 1 saturated heterocycles. The van der Waals surface area contributed by atoms with Crippen LogP contribution in [0.25, 0.3) is 0 Å². The molecule has 36 heavy (non-hydrogen) atoms. The molecule has 2 aliphatic rings. The van der Waals surface area contributed by atoms with Crippen molar-refractivity contribution in [2.24, 2.45) is 0 Å². The number of hydrogen-bond donors (Lipinski definition) is 2. The van der Waals surface area contributed by atoms with Crippen molar-refractivity contribution < 1.29 is 9.18 Å². The first-order chi connectivity index (χ1) is 17.4. The van der Waals surface area contributed by atoms with E-state index in [4.69, 9.17) is 12.2 Å². The normalized spacial score (nSPS) is 20.1. The molecule has 5 rings (SSSR count). The van der Waals surface area contributed by atoms with E-state index in [1.807, 2.05) is 18.2 Å².